The van der Waals surface area contributed by atoms with E-state index >= 15 is 0 Å². The van der Waals surface area contributed by atoms with Gasteiger partial charge >= 0.3 is 6.03 Å². The van der Waals surface area contributed by atoms with Crippen molar-refractivity contribution in [2.45, 2.75) is 44.8 Å². The molecule has 1 aromatic heterocycles. The summed E-state index contributed by atoms with van der Waals surface area (Å²) in [5.74, 6) is 0.541. The van der Waals surface area contributed by atoms with Crippen LogP contribution in [0, 0.1) is 0 Å². The van der Waals surface area contributed by atoms with E-state index in [0.717, 1.165) is 19.5 Å². The number of piperidine rings is 1. The largest absolute Gasteiger partial charge is 0.481 e. The quantitative estimate of drug-likeness (QED) is 0.910. The SMILES string of the molecule is COc1ccc(NC(=O)N2C3CC2CN(C(C)(C)C)C3)cn1. The zero-order chi connectivity index (χ0) is 15.9. The molecule has 2 fully saturated rings. The van der Waals surface area contributed by atoms with E-state index in [-0.39, 0.29) is 11.6 Å². The van der Waals surface area contributed by atoms with Gasteiger partial charge in [-0.1, -0.05) is 0 Å². The number of amides is 2. The van der Waals surface area contributed by atoms with E-state index in [1.165, 1.54) is 0 Å². The lowest BCUT2D eigenvalue weighted by atomic mass is 9.85. The third-order valence-corrected chi connectivity index (χ3v) is 4.57. The summed E-state index contributed by atoms with van der Waals surface area (Å²) < 4.78 is 5.02. The summed E-state index contributed by atoms with van der Waals surface area (Å²) >= 11 is 0. The van der Waals surface area contributed by atoms with Crippen LogP contribution >= 0.6 is 0 Å². The number of nitrogens with one attached hydrogen (secondary N) is 1. The normalized spacial score (nSPS) is 24.6. The van der Waals surface area contributed by atoms with E-state index in [2.05, 4.69) is 36.0 Å². The molecule has 6 heteroatoms. The molecule has 2 bridgehead atoms. The minimum atomic E-state index is -0.0261. The van der Waals surface area contributed by atoms with Gasteiger partial charge in [0.1, 0.15) is 0 Å². The molecule has 0 spiro atoms. The number of methoxy groups -OCH3 is 1. The number of fused-ring (bicyclic) bond motifs is 2. The number of piperazine rings is 1. The van der Waals surface area contributed by atoms with Crippen LogP contribution in [0.2, 0.25) is 0 Å². The minimum absolute atomic E-state index is 0.0261. The molecule has 6 nitrogen and oxygen atoms in total. The molecule has 2 amide bonds. The topological polar surface area (TPSA) is 57.7 Å². The van der Waals surface area contributed by atoms with Crippen molar-refractivity contribution in [3.8, 4) is 5.88 Å². The summed E-state index contributed by atoms with van der Waals surface area (Å²) in [5.41, 5.74) is 0.864. The summed E-state index contributed by atoms with van der Waals surface area (Å²) in [6.07, 6.45) is 2.73. The number of urea groups is 1. The number of anilines is 1. The number of nitrogens with zero attached hydrogens (tertiary/aromatic N) is 3. The van der Waals surface area contributed by atoms with Crippen LogP contribution in [0.1, 0.15) is 27.2 Å². The van der Waals surface area contributed by atoms with E-state index in [9.17, 15) is 4.79 Å². The van der Waals surface area contributed by atoms with Gasteiger partial charge in [0.25, 0.3) is 0 Å². The van der Waals surface area contributed by atoms with Crippen LogP contribution in [-0.4, -0.2) is 58.6 Å². The maximum Gasteiger partial charge on any atom is 0.322 e. The van der Waals surface area contributed by atoms with Crippen molar-refractivity contribution < 1.29 is 9.53 Å². The van der Waals surface area contributed by atoms with Gasteiger partial charge < -0.3 is 15.0 Å². The van der Waals surface area contributed by atoms with Crippen LogP contribution in [0.25, 0.3) is 0 Å². The zero-order valence-corrected chi connectivity index (χ0v) is 13.7. The molecule has 2 unspecified atom stereocenters. The Bertz CT molecular complexity index is 540. The third-order valence-electron chi connectivity index (χ3n) is 4.57. The number of aromatic nitrogens is 1. The van der Waals surface area contributed by atoms with Gasteiger partial charge in [-0.25, -0.2) is 9.78 Å². The molecule has 3 heterocycles. The van der Waals surface area contributed by atoms with Crippen molar-refractivity contribution in [1.82, 2.24) is 14.8 Å². The van der Waals surface area contributed by atoms with E-state index in [1.807, 2.05) is 4.90 Å². The van der Waals surface area contributed by atoms with Crippen molar-refractivity contribution in [3.63, 3.8) is 0 Å². The van der Waals surface area contributed by atoms with Crippen LogP contribution in [-0.2, 0) is 0 Å². The lowest BCUT2D eigenvalue weighted by Crippen LogP contribution is -2.72. The van der Waals surface area contributed by atoms with Gasteiger partial charge in [-0.3, -0.25) is 4.90 Å². The summed E-state index contributed by atoms with van der Waals surface area (Å²) in [4.78, 5) is 21.0. The fourth-order valence-corrected chi connectivity index (χ4v) is 3.25. The monoisotopic (exact) mass is 304 g/mol. The summed E-state index contributed by atoms with van der Waals surface area (Å²) in [6.45, 7) is 8.59. The Morgan fingerprint density at radius 1 is 1.32 bits per heavy atom. The van der Waals surface area contributed by atoms with Gasteiger partial charge in [0, 0.05) is 36.8 Å². The van der Waals surface area contributed by atoms with E-state index in [1.54, 1.807) is 25.4 Å². The standard InChI is InChI=1S/C16H24N4O2/c1-16(2,3)19-9-12-7-13(10-19)20(12)15(21)18-11-5-6-14(22-4)17-8-11/h5-6,8,12-13H,7,9-10H2,1-4H3,(H,18,21). The Morgan fingerprint density at radius 3 is 2.50 bits per heavy atom. The van der Waals surface area contributed by atoms with Crippen molar-refractivity contribution in [1.29, 1.82) is 0 Å². The Hall–Kier alpha value is -1.82. The molecule has 2 atom stereocenters. The van der Waals surface area contributed by atoms with Crippen LogP contribution < -0.4 is 10.1 Å². The number of ether oxygens (including phenoxy) is 1. The Morgan fingerprint density at radius 2 is 2.00 bits per heavy atom. The Kier molecular flexibility index (Phi) is 3.72. The average Bonchev–Trinajstić information content (AvgIpc) is 2.47. The highest BCUT2D eigenvalue weighted by atomic mass is 16.5. The minimum Gasteiger partial charge on any atom is -0.481 e. The van der Waals surface area contributed by atoms with Gasteiger partial charge in [-0.2, -0.15) is 0 Å². The van der Waals surface area contributed by atoms with Crippen molar-refractivity contribution in [2.24, 2.45) is 0 Å². The van der Waals surface area contributed by atoms with Gasteiger partial charge in [0.05, 0.1) is 19.0 Å². The molecule has 3 rings (SSSR count). The van der Waals surface area contributed by atoms with Gasteiger partial charge in [0.2, 0.25) is 5.88 Å². The molecule has 120 valence electrons. The molecule has 22 heavy (non-hydrogen) atoms. The third kappa shape index (κ3) is 2.75. The van der Waals surface area contributed by atoms with Crippen molar-refractivity contribution in [2.75, 3.05) is 25.5 Å². The Labute approximate surface area is 131 Å². The molecule has 0 aliphatic carbocycles. The molecular weight excluding hydrogens is 280 g/mol. The van der Waals surface area contributed by atoms with Crippen molar-refractivity contribution >= 4 is 11.7 Å². The Balaban J connectivity index is 1.60. The first-order chi connectivity index (χ1) is 10.4. The molecule has 1 N–H and O–H groups in total. The first kappa shape index (κ1) is 15.1. The summed E-state index contributed by atoms with van der Waals surface area (Å²) in [6, 6.07) is 4.17. The lowest BCUT2D eigenvalue weighted by Gasteiger charge is -2.58. The predicted molar refractivity (Wildman–Crippen MR) is 85.2 cm³/mol. The second-order valence-corrected chi connectivity index (χ2v) is 7.05. The second-order valence-electron chi connectivity index (χ2n) is 7.05. The number of carbonyl (C=O) groups excluding carboxylic acids is 1. The molecule has 2 aliphatic heterocycles. The molecule has 2 saturated heterocycles. The highest BCUT2D eigenvalue weighted by Gasteiger charge is 2.49. The molecule has 0 saturated carbocycles. The van der Waals surface area contributed by atoms with Gasteiger partial charge in [-0.15, -0.1) is 0 Å². The van der Waals surface area contributed by atoms with Crippen LogP contribution in [0.4, 0.5) is 10.5 Å². The summed E-state index contributed by atoms with van der Waals surface area (Å²) in [5, 5.41) is 2.93. The summed E-state index contributed by atoms with van der Waals surface area (Å²) in [7, 11) is 1.57. The van der Waals surface area contributed by atoms with Crippen LogP contribution in [0.5, 0.6) is 5.88 Å². The highest BCUT2D eigenvalue weighted by Crippen LogP contribution is 2.35. The second kappa shape index (κ2) is 5.43. The molecule has 0 radical (unpaired) electrons. The van der Waals surface area contributed by atoms with E-state index < -0.39 is 0 Å². The van der Waals surface area contributed by atoms with Gasteiger partial charge in [0.15, 0.2) is 0 Å². The first-order valence-electron chi connectivity index (χ1n) is 7.73. The number of pyridine rings is 1. The molecule has 2 aliphatic rings. The number of hydrogen-bond donors (Lipinski definition) is 1. The van der Waals surface area contributed by atoms with Crippen LogP contribution in [0.3, 0.4) is 0 Å². The maximum absolute atomic E-state index is 12.5. The van der Waals surface area contributed by atoms with Gasteiger partial charge in [-0.05, 0) is 33.3 Å². The highest BCUT2D eigenvalue weighted by molar-refractivity contribution is 5.90. The number of rotatable bonds is 2. The fraction of sp³-hybridized carbons (Fsp3) is 0.625. The molecule has 1 aromatic rings. The molecule has 0 aromatic carbocycles. The van der Waals surface area contributed by atoms with Crippen molar-refractivity contribution in [3.05, 3.63) is 18.3 Å². The first-order valence-corrected chi connectivity index (χ1v) is 7.73. The fourth-order valence-electron chi connectivity index (χ4n) is 3.25. The zero-order valence-electron chi connectivity index (χ0n) is 13.7. The number of carbonyl (C=O) groups is 1. The molecular formula is C16H24N4O2. The van der Waals surface area contributed by atoms with Crippen LogP contribution in [0.15, 0.2) is 18.3 Å². The van der Waals surface area contributed by atoms with E-state index in [0.29, 0.717) is 23.7 Å². The number of likely N-dealkylation sites (tertiary alicyclic amines) is 2. The van der Waals surface area contributed by atoms with E-state index in [4.69, 9.17) is 4.74 Å². The number of hydrogen-bond acceptors (Lipinski definition) is 4. The predicted octanol–water partition coefficient (Wildman–Crippen LogP) is 2.18. The smallest absolute Gasteiger partial charge is 0.322 e. The lowest BCUT2D eigenvalue weighted by molar-refractivity contribution is -0.0638. The maximum atomic E-state index is 12.5. The average molecular weight is 304 g/mol.